The molecule has 3 aromatic rings. The van der Waals surface area contributed by atoms with Crippen LogP contribution < -0.4 is 10.2 Å². The molecule has 2 aromatic heterocycles. The van der Waals surface area contributed by atoms with Crippen LogP contribution in [0.4, 0.5) is 10.1 Å². The van der Waals surface area contributed by atoms with Crippen molar-refractivity contribution >= 4 is 16.7 Å². The summed E-state index contributed by atoms with van der Waals surface area (Å²) in [6, 6.07) is 8.91. The number of nitrogens with one attached hydrogen (secondary N) is 2. The number of H-pyrrole nitrogens is 1. The molecule has 0 aliphatic carbocycles. The van der Waals surface area contributed by atoms with Gasteiger partial charge in [0.05, 0.1) is 5.69 Å². The molecule has 0 spiro atoms. The lowest BCUT2D eigenvalue weighted by Gasteiger charge is -2.31. The number of benzene rings is 1. The Bertz CT molecular complexity index is 805. The molecule has 2 N–H and O–H groups in total. The highest BCUT2D eigenvalue weighted by Crippen LogP contribution is 2.37. The quantitative estimate of drug-likeness (QED) is 0.764. The van der Waals surface area contributed by atoms with Gasteiger partial charge in [-0.3, -0.25) is 0 Å². The zero-order chi connectivity index (χ0) is 14.9. The maximum Gasteiger partial charge on any atom is 0.139 e. The highest BCUT2D eigenvalue weighted by Gasteiger charge is 2.20. The molecule has 0 radical (unpaired) electrons. The largest absolute Gasteiger partial charge is 0.368 e. The van der Waals surface area contributed by atoms with Gasteiger partial charge in [0.15, 0.2) is 0 Å². The van der Waals surface area contributed by atoms with Gasteiger partial charge < -0.3 is 15.2 Å². The Morgan fingerprint density at radius 1 is 1.05 bits per heavy atom. The SMILES string of the molecule is Fc1ccccc1-c1cnc2[nH]ccc2c1N1CCNCC1. The normalized spacial score (nSPS) is 15.4. The van der Waals surface area contributed by atoms with Crippen molar-refractivity contribution in [2.45, 2.75) is 0 Å². The Hall–Kier alpha value is -2.40. The lowest BCUT2D eigenvalue weighted by Crippen LogP contribution is -2.43. The van der Waals surface area contributed by atoms with Crippen molar-refractivity contribution in [1.82, 2.24) is 15.3 Å². The van der Waals surface area contributed by atoms with Gasteiger partial charge in [0, 0.05) is 55.1 Å². The summed E-state index contributed by atoms with van der Waals surface area (Å²) >= 11 is 0. The number of halogens is 1. The summed E-state index contributed by atoms with van der Waals surface area (Å²) in [5.74, 6) is -0.212. The summed E-state index contributed by atoms with van der Waals surface area (Å²) in [7, 11) is 0. The van der Waals surface area contributed by atoms with Crippen LogP contribution in [0.5, 0.6) is 0 Å². The first-order valence-electron chi connectivity index (χ1n) is 7.51. The number of rotatable bonds is 2. The van der Waals surface area contributed by atoms with Gasteiger partial charge in [0.1, 0.15) is 11.5 Å². The molecule has 112 valence electrons. The van der Waals surface area contributed by atoms with E-state index >= 15 is 0 Å². The molecule has 22 heavy (non-hydrogen) atoms. The molecule has 0 amide bonds. The van der Waals surface area contributed by atoms with Crippen molar-refractivity contribution in [2.24, 2.45) is 0 Å². The Balaban J connectivity index is 1.95. The molecule has 4 nitrogen and oxygen atoms in total. The second kappa shape index (κ2) is 5.42. The van der Waals surface area contributed by atoms with Crippen molar-refractivity contribution in [3.05, 3.63) is 48.5 Å². The van der Waals surface area contributed by atoms with Crippen LogP contribution in [0.25, 0.3) is 22.2 Å². The Kier molecular flexibility index (Phi) is 3.27. The molecule has 1 aliphatic heterocycles. The van der Waals surface area contributed by atoms with Crippen molar-refractivity contribution in [3.8, 4) is 11.1 Å². The fourth-order valence-corrected chi connectivity index (χ4v) is 3.10. The summed E-state index contributed by atoms with van der Waals surface area (Å²) in [6.45, 7) is 3.69. The van der Waals surface area contributed by atoms with Gasteiger partial charge in [-0.25, -0.2) is 9.37 Å². The zero-order valence-corrected chi connectivity index (χ0v) is 12.1. The van der Waals surface area contributed by atoms with Crippen molar-refractivity contribution in [3.63, 3.8) is 0 Å². The molecule has 0 bridgehead atoms. The summed E-state index contributed by atoms with van der Waals surface area (Å²) in [6.07, 6.45) is 3.66. The van der Waals surface area contributed by atoms with Crippen molar-refractivity contribution in [2.75, 3.05) is 31.1 Å². The van der Waals surface area contributed by atoms with Crippen LogP contribution in [0.2, 0.25) is 0 Å². The zero-order valence-electron chi connectivity index (χ0n) is 12.1. The lowest BCUT2D eigenvalue weighted by molar-refractivity contribution is 0.590. The number of aromatic nitrogens is 2. The van der Waals surface area contributed by atoms with Crippen molar-refractivity contribution < 1.29 is 4.39 Å². The van der Waals surface area contributed by atoms with E-state index in [9.17, 15) is 4.39 Å². The number of hydrogen-bond donors (Lipinski definition) is 2. The standard InChI is InChI=1S/C17H17FN4/c18-15-4-2-1-3-12(15)14-11-21-17-13(5-6-20-17)16(14)22-9-7-19-8-10-22/h1-6,11,19H,7-10H2,(H,20,21). The van der Waals surface area contributed by atoms with E-state index in [0.717, 1.165) is 48.5 Å². The average molecular weight is 296 g/mol. The maximum absolute atomic E-state index is 14.3. The number of pyridine rings is 1. The number of aromatic amines is 1. The van der Waals surface area contributed by atoms with Gasteiger partial charge in [-0.1, -0.05) is 18.2 Å². The molecule has 5 heteroatoms. The highest BCUT2D eigenvalue weighted by molar-refractivity contribution is 5.98. The van der Waals surface area contributed by atoms with E-state index < -0.39 is 0 Å². The summed E-state index contributed by atoms with van der Waals surface area (Å²) < 4.78 is 14.3. The van der Waals surface area contributed by atoms with E-state index in [4.69, 9.17) is 0 Å². The minimum atomic E-state index is -0.212. The predicted octanol–water partition coefficient (Wildman–Crippen LogP) is 2.78. The Labute approximate surface area is 128 Å². The third kappa shape index (κ3) is 2.14. The van der Waals surface area contributed by atoms with E-state index in [1.165, 1.54) is 6.07 Å². The lowest BCUT2D eigenvalue weighted by atomic mass is 10.0. The second-order valence-electron chi connectivity index (χ2n) is 5.48. The predicted molar refractivity (Wildman–Crippen MR) is 86.6 cm³/mol. The van der Waals surface area contributed by atoms with Gasteiger partial charge in [-0.15, -0.1) is 0 Å². The third-order valence-corrected chi connectivity index (χ3v) is 4.16. The molecular weight excluding hydrogens is 279 g/mol. The first-order chi connectivity index (χ1) is 10.8. The fraction of sp³-hybridized carbons (Fsp3) is 0.235. The Morgan fingerprint density at radius 3 is 2.68 bits per heavy atom. The first-order valence-corrected chi connectivity index (χ1v) is 7.51. The first kappa shape index (κ1) is 13.3. The smallest absolute Gasteiger partial charge is 0.139 e. The molecule has 1 aliphatic rings. The topological polar surface area (TPSA) is 44.0 Å². The summed E-state index contributed by atoms with van der Waals surface area (Å²) in [4.78, 5) is 9.91. The van der Waals surface area contributed by atoms with Gasteiger partial charge in [0.25, 0.3) is 0 Å². The van der Waals surface area contributed by atoms with E-state index in [1.54, 1.807) is 12.3 Å². The third-order valence-electron chi connectivity index (χ3n) is 4.16. The average Bonchev–Trinajstić information content (AvgIpc) is 3.04. The second-order valence-corrected chi connectivity index (χ2v) is 5.48. The van der Waals surface area contributed by atoms with Gasteiger partial charge >= 0.3 is 0 Å². The van der Waals surface area contributed by atoms with E-state index in [1.807, 2.05) is 24.4 Å². The fourth-order valence-electron chi connectivity index (χ4n) is 3.10. The molecule has 4 rings (SSSR count). The number of piperazine rings is 1. The van der Waals surface area contributed by atoms with Crippen LogP contribution in [0, 0.1) is 5.82 Å². The molecule has 0 saturated carbocycles. The van der Waals surface area contributed by atoms with Crippen LogP contribution in [-0.4, -0.2) is 36.1 Å². The number of fused-ring (bicyclic) bond motifs is 1. The van der Waals surface area contributed by atoms with Gasteiger partial charge in [-0.05, 0) is 12.1 Å². The van der Waals surface area contributed by atoms with Crippen LogP contribution in [0.3, 0.4) is 0 Å². The molecule has 1 saturated heterocycles. The van der Waals surface area contributed by atoms with Crippen LogP contribution in [0.1, 0.15) is 0 Å². The van der Waals surface area contributed by atoms with Crippen LogP contribution in [-0.2, 0) is 0 Å². The number of hydrogen-bond acceptors (Lipinski definition) is 3. The number of anilines is 1. The molecule has 0 unspecified atom stereocenters. The van der Waals surface area contributed by atoms with Gasteiger partial charge in [-0.2, -0.15) is 0 Å². The molecule has 1 fully saturated rings. The summed E-state index contributed by atoms with van der Waals surface area (Å²) in [5.41, 5.74) is 3.37. The van der Waals surface area contributed by atoms with E-state index in [2.05, 4.69) is 20.2 Å². The van der Waals surface area contributed by atoms with Crippen molar-refractivity contribution in [1.29, 1.82) is 0 Å². The van der Waals surface area contributed by atoms with E-state index in [0.29, 0.717) is 5.56 Å². The maximum atomic E-state index is 14.3. The monoisotopic (exact) mass is 296 g/mol. The molecule has 1 aromatic carbocycles. The van der Waals surface area contributed by atoms with Crippen LogP contribution >= 0.6 is 0 Å². The minimum Gasteiger partial charge on any atom is -0.368 e. The van der Waals surface area contributed by atoms with Crippen LogP contribution in [0.15, 0.2) is 42.7 Å². The van der Waals surface area contributed by atoms with E-state index in [-0.39, 0.29) is 5.82 Å². The minimum absolute atomic E-state index is 0.212. The highest BCUT2D eigenvalue weighted by atomic mass is 19.1. The van der Waals surface area contributed by atoms with Gasteiger partial charge in [0.2, 0.25) is 0 Å². The molecular formula is C17H17FN4. The number of nitrogens with zero attached hydrogens (tertiary/aromatic N) is 2. The summed E-state index contributed by atoms with van der Waals surface area (Å²) in [5, 5.41) is 4.40. The molecule has 0 atom stereocenters. The Morgan fingerprint density at radius 2 is 1.86 bits per heavy atom. The molecule has 3 heterocycles.